The number of aryl methyl sites for hydroxylation is 1. The molecule has 4 nitrogen and oxygen atoms in total. The number of hydrogen-bond acceptors (Lipinski definition) is 4. The van der Waals surface area contributed by atoms with Crippen molar-refractivity contribution in [1.82, 2.24) is 10.1 Å². The minimum atomic E-state index is 0.409. The molecule has 0 unspecified atom stereocenters. The average Bonchev–Trinajstić information content (AvgIpc) is 2.91. The monoisotopic (exact) mass is 407 g/mol. The van der Waals surface area contributed by atoms with Crippen LogP contribution in [0.3, 0.4) is 0 Å². The first kappa shape index (κ1) is 14.3. The molecule has 0 radical (unpaired) electrons. The van der Waals surface area contributed by atoms with E-state index in [4.69, 9.17) is 10.3 Å². The van der Waals surface area contributed by atoms with E-state index in [1.54, 1.807) is 0 Å². The van der Waals surface area contributed by atoms with Gasteiger partial charge in [-0.3, -0.25) is 0 Å². The fraction of sp³-hybridized carbons (Fsp3) is 0.0667. The highest BCUT2D eigenvalue weighted by atomic mass is 79.9. The van der Waals surface area contributed by atoms with Gasteiger partial charge in [0.2, 0.25) is 5.82 Å². The first-order valence-electron chi connectivity index (χ1n) is 6.20. The topological polar surface area (TPSA) is 64.9 Å². The summed E-state index contributed by atoms with van der Waals surface area (Å²) < 4.78 is 7.24. The van der Waals surface area contributed by atoms with Gasteiger partial charge >= 0.3 is 0 Å². The SMILES string of the molecule is Cc1ccc(-c2noc(-c3ccc(Br)cc3N)n2)cc1Br. The molecular weight excluding hydrogens is 398 g/mol. The fourth-order valence-electron chi connectivity index (χ4n) is 1.91. The second-order valence-electron chi connectivity index (χ2n) is 4.62. The minimum Gasteiger partial charge on any atom is -0.398 e. The Morgan fingerprint density at radius 1 is 1.10 bits per heavy atom. The quantitative estimate of drug-likeness (QED) is 0.617. The lowest BCUT2D eigenvalue weighted by Crippen LogP contribution is -1.90. The molecule has 3 rings (SSSR count). The van der Waals surface area contributed by atoms with Crippen molar-refractivity contribution in [2.45, 2.75) is 6.92 Å². The third-order valence-corrected chi connectivity index (χ3v) is 4.45. The van der Waals surface area contributed by atoms with E-state index in [0.29, 0.717) is 17.4 Å². The van der Waals surface area contributed by atoms with Crippen LogP contribution < -0.4 is 5.73 Å². The van der Waals surface area contributed by atoms with E-state index in [1.807, 2.05) is 43.3 Å². The van der Waals surface area contributed by atoms with Gasteiger partial charge in [-0.2, -0.15) is 4.98 Å². The number of halogens is 2. The van der Waals surface area contributed by atoms with Crippen LogP contribution in [-0.4, -0.2) is 10.1 Å². The van der Waals surface area contributed by atoms with Crippen LogP contribution in [0, 0.1) is 6.92 Å². The van der Waals surface area contributed by atoms with Crippen molar-refractivity contribution < 1.29 is 4.52 Å². The lowest BCUT2D eigenvalue weighted by Gasteiger charge is -2.00. The summed E-state index contributed by atoms with van der Waals surface area (Å²) in [6.07, 6.45) is 0. The lowest BCUT2D eigenvalue weighted by molar-refractivity contribution is 0.432. The number of hydrogen-bond donors (Lipinski definition) is 1. The van der Waals surface area contributed by atoms with Crippen molar-refractivity contribution >= 4 is 37.5 Å². The number of rotatable bonds is 2. The number of nitrogens with two attached hydrogens (primary N) is 1. The van der Waals surface area contributed by atoms with Gasteiger partial charge in [-0.05, 0) is 36.8 Å². The van der Waals surface area contributed by atoms with Crippen LogP contribution in [0.15, 0.2) is 49.9 Å². The van der Waals surface area contributed by atoms with Gasteiger partial charge in [-0.1, -0.05) is 49.1 Å². The molecule has 0 amide bonds. The number of anilines is 1. The van der Waals surface area contributed by atoms with Gasteiger partial charge in [0.25, 0.3) is 5.89 Å². The second-order valence-corrected chi connectivity index (χ2v) is 6.39. The standard InChI is InChI=1S/C15H11Br2N3O/c1-8-2-3-9(6-12(8)17)14-19-15(21-20-14)11-5-4-10(16)7-13(11)18/h2-7H,18H2,1H3. The van der Waals surface area contributed by atoms with Gasteiger partial charge in [0.15, 0.2) is 0 Å². The normalized spacial score (nSPS) is 10.8. The molecular formula is C15H11Br2N3O. The fourth-order valence-corrected chi connectivity index (χ4v) is 2.67. The van der Waals surface area contributed by atoms with Crippen LogP contribution in [0.25, 0.3) is 22.8 Å². The summed E-state index contributed by atoms with van der Waals surface area (Å²) in [5, 5.41) is 4.02. The Kier molecular flexibility index (Phi) is 3.82. The molecule has 106 valence electrons. The summed E-state index contributed by atoms with van der Waals surface area (Å²) >= 11 is 6.88. The van der Waals surface area contributed by atoms with E-state index in [9.17, 15) is 0 Å². The van der Waals surface area contributed by atoms with Crippen molar-refractivity contribution in [3.8, 4) is 22.8 Å². The molecule has 0 spiro atoms. The maximum Gasteiger partial charge on any atom is 0.260 e. The van der Waals surface area contributed by atoms with Gasteiger partial charge in [-0.15, -0.1) is 0 Å². The summed E-state index contributed by atoms with van der Waals surface area (Å²) in [6, 6.07) is 11.5. The van der Waals surface area contributed by atoms with Crippen LogP contribution in [-0.2, 0) is 0 Å². The van der Waals surface area contributed by atoms with Crippen molar-refractivity contribution in [2.75, 3.05) is 5.73 Å². The van der Waals surface area contributed by atoms with Crippen LogP contribution >= 0.6 is 31.9 Å². The van der Waals surface area contributed by atoms with E-state index in [2.05, 4.69) is 42.0 Å². The van der Waals surface area contributed by atoms with Crippen molar-refractivity contribution in [3.05, 3.63) is 50.9 Å². The molecule has 21 heavy (non-hydrogen) atoms. The van der Waals surface area contributed by atoms with Crippen molar-refractivity contribution in [2.24, 2.45) is 0 Å². The molecule has 3 aromatic rings. The van der Waals surface area contributed by atoms with Gasteiger partial charge in [-0.25, -0.2) is 0 Å². The minimum absolute atomic E-state index is 0.409. The van der Waals surface area contributed by atoms with E-state index in [1.165, 1.54) is 0 Å². The largest absolute Gasteiger partial charge is 0.398 e. The summed E-state index contributed by atoms with van der Waals surface area (Å²) in [6.45, 7) is 2.03. The molecule has 1 heterocycles. The Labute approximate surface area is 138 Å². The van der Waals surface area contributed by atoms with Gasteiger partial charge in [0.05, 0.1) is 5.56 Å². The second kappa shape index (κ2) is 5.61. The molecule has 1 aromatic heterocycles. The zero-order valence-electron chi connectivity index (χ0n) is 11.1. The maximum atomic E-state index is 5.98. The van der Waals surface area contributed by atoms with E-state index in [-0.39, 0.29) is 0 Å². The smallest absolute Gasteiger partial charge is 0.260 e. The third kappa shape index (κ3) is 2.87. The van der Waals surface area contributed by atoms with Crippen LogP contribution in [0.4, 0.5) is 5.69 Å². The number of benzene rings is 2. The van der Waals surface area contributed by atoms with Crippen LogP contribution in [0.2, 0.25) is 0 Å². The molecule has 0 aliphatic carbocycles. The highest BCUT2D eigenvalue weighted by Crippen LogP contribution is 2.30. The van der Waals surface area contributed by atoms with Gasteiger partial charge in [0.1, 0.15) is 0 Å². The van der Waals surface area contributed by atoms with Crippen LogP contribution in [0.1, 0.15) is 5.56 Å². The summed E-state index contributed by atoms with van der Waals surface area (Å²) in [5.74, 6) is 0.944. The molecule has 6 heteroatoms. The number of nitrogen functional groups attached to an aromatic ring is 1. The van der Waals surface area contributed by atoms with Gasteiger partial charge in [0, 0.05) is 20.2 Å². The zero-order valence-corrected chi connectivity index (χ0v) is 14.3. The Morgan fingerprint density at radius 3 is 2.62 bits per heavy atom. The maximum absolute atomic E-state index is 5.98. The Hall–Kier alpha value is -1.66. The molecule has 0 saturated heterocycles. The molecule has 0 aliphatic rings. The summed E-state index contributed by atoms with van der Waals surface area (Å²) in [7, 11) is 0. The van der Waals surface area contributed by atoms with E-state index >= 15 is 0 Å². The molecule has 0 atom stereocenters. The predicted octanol–water partition coefficient (Wildman–Crippen LogP) is 4.82. The summed E-state index contributed by atoms with van der Waals surface area (Å²) in [5.41, 5.74) is 9.33. The van der Waals surface area contributed by atoms with Gasteiger partial charge < -0.3 is 10.3 Å². The highest BCUT2D eigenvalue weighted by molar-refractivity contribution is 9.10. The Bertz CT molecular complexity index is 814. The number of nitrogens with zero attached hydrogens (tertiary/aromatic N) is 2. The third-order valence-electron chi connectivity index (χ3n) is 3.10. The summed E-state index contributed by atoms with van der Waals surface area (Å²) in [4.78, 5) is 4.42. The van der Waals surface area contributed by atoms with Crippen LogP contribution in [0.5, 0.6) is 0 Å². The Balaban J connectivity index is 2.01. The lowest BCUT2D eigenvalue weighted by atomic mass is 10.1. The first-order chi connectivity index (χ1) is 10.0. The first-order valence-corrected chi connectivity index (χ1v) is 7.79. The molecule has 0 fully saturated rings. The molecule has 0 bridgehead atoms. The average molecular weight is 409 g/mol. The molecule has 2 N–H and O–H groups in total. The number of aromatic nitrogens is 2. The highest BCUT2D eigenvalue weighted by Gasteiger charge is 2.13. The van der Waals surface area contributed by atoms with Crippen molar-refractivity contribution in [1.29, 1.82) is 0 Å². The van der Waals surface area contributed by atoms with Crippen molar-refractivity contribution in [3.63, 3.8) is 0 Å². The Morgan fingerprint density at radius 2 is 1.90 bits per heavy atom. The predicted molar refractivity (Wildman–Crippen MR) is 89.7 cm³/mol. The van der Waals surface area contributed by atoms with E-state index < -0.39 is 0 Å². The molecule has 2 aromatic carbocycles. The zero-order chi connectivity index (χ0) is 15.0. The van der Waals surface area contributed by atoms with E-state index in [0.717, 1.165) is 25.6 Å². The molecule has 0 aliphatic heterocycles. The molecule has 0 saturated carbocycles.